The van der Waals surface area contributed by atoms with E-state index in [1.54, 1.807) is 79.9 Å². The zero-order chi connectivity index (χ0) is 32.4. The van der Waals surface area contributed by atoms with Crippen molar-refractivity contribution in [3.63, 3.8) is 0 Å². The second kappa shape index (κ2) is 15.1. The quantitative estimate of drug-likeness (QED) is 0.176. The summed E-state index contributed by atoms with van der Waals surface area (Å²) in [6.07, 6.45) is 0.0212. The van der Waals surface area contributed by atoms with E-state index >= 15 is 0 Å². The Morgan fingerprint density at radius 2 is 1.65 bits per heavy atom. The predicted octanol–water partition coefficient (Wildman–Crippen LogP) is 4.94. The number of aliphatic hydroxyl groups excluding tert-OH is 1. The van der Waals surface area contributed by atoms with Crippen LogP contribution in [-0.4, -0.2) is 63.5 Å². The molecule has 10 heteroatoms. The minimum atomic E-state index is -3.76. The highest BCUT2D eigenvalue weighted by Gasteiger charge is 2.53. The van der Waals surface area contributed by atoms with Gasteiger partial charge in [-0.3, -0.25) is 4.79 Å². The fraction of sp³-hybridized carbons (Fsp3) is 0.278. The number of hydrogen-bond acceptors (Lipinski definition) is 8. The van der Waals surface area contributed by atoms with Gasteiger partial charge in [0, 0.05) is 31.6 Å². The highest BCUT2D eigenvalue weighted by atomic mass is 32.2. The van der Waals surface area contributed by atoms with Gasteiger partial charge in [0.05, 0.1) is 24.4 Å². The van der Waals surface area contributed by atoms with Crippen molar-refractivity contribution < 1.29 is 32.5 Å². The molecule has 0 unspecified atom stereocenters. The summed E-state index contributed by atoms with van der Waals surface area (Å²) in [6, 6.07) is 32.2. The Morgan fingerprint density at radius 1 is 0.935 bits per heavy atom. The van der Waals surface area contributed by atoms with Crippen molar-refractivity contribution in [1.82, 2.24) is 5.32 Å². The minimum Gasteiger partial charge on any atom is -0.497 e. The molecule has 0 radical (unpaired) electrons. The highest BCUT2D eigenvalue weighted by molar-refractivity contribution is 7.91. The van der Waals surface area contributed by atoms with Gasteiger partial charge in [0.25, 0.3) is 5.91 Å². The lowest BCUT2D eigenvalue weighted by molar-refractivity contribution is -0.129. The normalized spacial score (nSPS) is 17.5. The van der Waals surface area contributed by atoms with E-state index in [1.807, 2.05) is 36.4 Å². The fourth-order valence-corrected chi connectivity index (χ4v) is 6.72. The number of benzene rings is 4. The number of nitrogens with one attached hydrogen (secondary N) is 1. The zero-order valence-corrected chi connectivity index (χ0v) is 26.5. The molecule has 0 aliphatic carbocycles. The first kappa shape index (κ1) is 32.7. The molecule has 0 bridgehead atoms. The van der Waals surface area contributed by atoms with Gasteiger partial charge in [-0.25, -0.2) is 13.4 Å². The topological polar surface area (TPSA) is 124 Å². The molecule has 5 rings (SSSR count). The number of aliphatic hydroxyl groups is 1. The SMILES string of the molecule is COc1cccc([C@H]2OC(c3ccc(OCCCO)cc3)=N[C@@]2(CCS(=O)(=O)c2ccccc2)C(=O)NCCc2ccccc2)c1. The van der Waals surface area contributed by atoms with Gasteiger partial charge in [-0.15, -0.1) is 0 Å². The van der Waals surface area contributed by atoms with E-state index in [4.69, 9.17) is 24.3 Å². The van der Waals surface area contributed by atoms with Crippen LogP contribution >= 0.6 is 0 Å². The Bertz CT molecular complexity index is 1730. The maximum atomic E-state index is 14.4. The third kappa shape index (κ3) is 7.75. The molecule has 1 aliphatic rings. The summed E-state index contributed by atoms with van der Waals surface area (Å²) >= 11 is 0. The first-order valence-corrected chi connectivity index (χ1v) is 16.8. The second-order valence-corrected chi connectivity index (χ2v) is 13.0. The average molecular weight is 643 g/mol. The van der Waals surface area contributed by atoms with Crippen LogP contribution in [0.1, 0.15) is 35.6 Å². The average Bonchev–Trinajstić information content (AvgIpc) is 3.50. The number of aliphatic imine (C=N–C) groups is 1. The molecule has 46 heavy (non-hydrogen) atoms. The smallest absolute Gasteiger partial charge is 0.252 e. The number of carbonyl (C=O) groups excluding carboxylic acids is 1. The Morgan fingerprint density at radius 3 is 2.35 bits per heavy atom. The second-order valence-electron chi connectivity index (χ2n) is 10.9. The standard InChI is InChI=1S/C36H38N2O7S/c1-43-31-13-8-12-29(26-31)33-36(21-25-46(41,42)32-14-6-3-7-15-32,35(40)37-22-20-27-10-4-2-5-11-27)38-34(45-33)28-16-18-30(19-17-28)44-24-9-23-39/h2-8,10-19,26,33,39H,9,20-25H2,1H3,(H,37,40)/t33-,36-/m1/s1. The fourth-order valence-electron chi connectivity index (χ4n) is 5.33. The van der Waals surface area contributed by atoms with Gasteiger partial charge in [0.1, 0.15) is 11.5 Å². The van der Waals surface area contributed by atoms with Crippen molar-refractivity contribution in [1.29, 1.82) is 0 Å². The van der Waals surface area contributed by atoms with E-state index < -0.39 is 27.4 Å². The van der Waals surface area contributed by atoms with E-state index in [0.29, 0.717) is 48.6 Å². The van der Waals surface area contributed by atoms with E-state index in [1.165, 1.54) is 0 Å². The van der Waals surface area contributed by atoms with Gasteiger partial charge < -0.3 is 24.6 Å². The molecule has 0 spiro atoms. The number of nitrogens with zero attached hydrogens (tertiary/aromatic N) is 1. The summed E-state index contributed by atoms with van der Waals surface area (Å²) in [7, 11) is -2.21. The molecule has 0 saturated heterocycles. The minimum absolute atomic E-state index is 0.0316. The molecule has 2 N–H and O–H groups in total. The molecule has 0 fully saturated rings. The summed E-state index contributed by atoms with van der Waals surface area (Å²) < 4.78 is 44.7. The molecule has 1 heterocycles. The molecule has 1 aliphatic heterocycles. The number of methoxy groups -OCH3 is 1. The molecule has 4 aromatic carbocycles. The number of hydrogen-bond donors (Lipinski definition) is 2. The molecule has 9 nitrogen and oxygen atoms in total. The van der Waals surface area contributed by atoms with Crippen molar-refractivity contribution in [2.75, 3.05) is 32.6 Å². The highest BCUT2D eigenvalue weighted by Crippen LogP contribution is 2.43. The number of ether oxygens (including phenoxy) is 3. The number of sulfone groups is 1. The van der Waals surface area contributed by atoms with Crippen molar-refractivity contribution in [3.05, 3.63) is 126 Å². The van der Waals surface area contributed by atoms with Crippen molar-refractivity contribution >= 4 is 21.6 Å². The van der Waals surface area contributed by atoms with Gasteiger partial charge >= 0.3 is 0 Å². The van der Waals surface area contributed by atoms with Gasteiger partial charge in [-0.2, -0.15) is 0 Å². The van der Waals surface area contributed by atoms with E-state index in [-0.39, 0.29) is 29.6 Å². The van der Waals surface area contributed by atoms with E-state index in [9.17, 15) is 13.2 Å². The first-order chi connectivity index (χ1) is 22.3. The summed E-state index contributed by atoms with van der Waals surface area (Å²) in [4.78, 5) is 19.5. The zero-order valence-electron chi connectivity index (χ0n) is 25.7. The van der Waals surface area contributed by atoms with Crippen molar-refractivity contribution in [2.45, 2.75) is 35.8 Å². The summed E-state index contributed by atoms with van der Waals surface area (Å²) in [6.45, 7) is 0.725. The van der Waals surface area contributed by atoms with Crippen LogP contribution in [0.15, 0.2) is 119 Å². The number of amides is 1. The van der Waals surface area contributed by atoms with E-state index in [0.717, 1.165) is 5.56 Å². The number of carbonyl (C=O) groups is 1. The lowest BCUT2D eigenvalue weighted by atomic mass is 9.85. The Labute approximate surface area is 269 Å². The molecule has 0 aromatic heterocycles. The van der Waals surface area contributed by atoms with Gasteiger partial charge in [-0.1, -0.05) is 60.7 Å². The van der Waals surface area contributed by atoms with Crippen LogP contribution in [0.2, 0.25) is 0 Å². The van der Waals surface area contributed by atoms with Crippen LogP contribution in [0.4, 0.5) is 0 Å². The van der Waals surface area contributed by atoms with E-state index in [2.05, 4.69) is 5.32 Å². The maximum absolute atomic E-state index is 14.4. The Hall–Kier alpha value is -4.67. The van der Waals surface area contributed by atoms with Crippen LogP contribution in [0.3, 0.4) is 0 Å². The molecule has 240 valence electrons. The van der Waals surface area contributed by atoms with Crippen LogP contribution in [-0.2, 0) is 25.8 Å². The van der Waals surface area contributed by atoms with Gasteiger partial charge in [-0.05, 0) is 66.1 Å². The van der Waals surface area contributed by atoms with Gasteiger partial charge in [0.15, 0.2) is 21.5 Å². The monoisotopic (exact) mass is 642 g/mol. The van der Waals surface area contributed by atoms with Crippen LogP contribution in [0, 0.1) is 0 Å². The molecule has 0 saturated carbocycles. The molecular formula is C36H38N2O7S. The van der Waals surface area contributed by atoms with Gasteiger partial charge in [0.2, 0.25) is 5.90 Å². The van der Waals surface area contributed by atoms with Crippen LogP contribution in [0.5, 0.6) is 11.5 Å². The lowest BCUT2D eigenvalue weighted by Gasteiger charge is -2.30. The summed E-state index contributed by atoms with van der Waals surface area (Å²) in [5.74, 6) is 0.623. The predicted molar refractivity (Wildman–Crippen MR) is 176 cm³/mol. The lowest BCUT2D eigenvalue weighted by Crippen LogP contribution is -2.49. The first-order valence-electron chi connectivity index (χ1n) is 15.2. The molecule has 2 atom stereocenters. The van der Waals surface area contributed by atoms with Crippen LogP contribution in [0.25, 0.3) is 0 Å². The molecule has 4 aromatic rings. The molecular weight excluding hydrogens is 604 g/mol. The third-order valence-corrected chi connectivity index (χ3v) is 9.55. The largest absolute Gasteiger partial charge is 0.497 e. The van der Waals surface area contributed by atoms with Crippen molar-refractivity contribution in [3.8, 4) is 11.5 Å². The third-order valence-electron chi connectivity index (χ3n) is 7.82. The summed E-state index contributed by atoms with van der Waals surface area (Å²) in [5.41, 5.74) is 0.668. The van der Waals surface area contributed by atoms with Crippen LogP contribution < -0.4 is 14.8 Å². The number of rotatable bonds is 15. The molecule has 1 amide bonds. The van der Waals surface area contributed by atoms with Crippen molar-refractivity contribution in [2.24, 2.45) is 4.99 Å². The maximum Gasteiger partial charge on any atom is 0.252 e. The Kier molecular flexibility index (Phi) is 10.7. The summed E-state index contributed by atoms with van der Waals surface area (Å²) in [5, 5.41) is 12.1. The Balaban J connectivity index is 1.53.